The van der Waals surface area contributed by atoms with Crippen molar-refractivity contribution in [2.75, 3.05) is 12.4 Å². The summed E-state index contributed by atoms with van der Waals surface area (Å²) in [6.07, 6.45) is 3.49. The number of aryl methyl sites for hydroxylation is 1. The van der Waals surface area contributed by atoms with Crippen LogP contribution >= 0.6 is 0 Å². The van der Waals surface area contributed by atoms with E-state index in [2.05, 4.69) is 40.4 Å². The van der Waals surface area contributed by atoms with Gasteiger partial charge in [0.1, 0.15) is 5.82 Å². The van der Waals surface area contributed by atoms with Gasteiger partial charge in [-0.25, -0.2) is 9.97 Å². The number of pyridine rings is 1. The Bertz CT molecular complexity index is 1180. The zero-order valence-electron chi connectivity index (χ0n) is 15.1. The Labute approximate surface area is 157 Å². The minimum absolute atomic E-state index is 0.625. The SMILES string of the molecule is CNc1nc(-c2cccnc2)nc2cc(-c3cccc(C#N)c3)c(C)cc12. The third-order valence-electron chi connectivity index (χ3n) is 4.50. The molecule has 0 amide bonds. The number of hydrogen-bond acceptors (Lipinski definition) is 5. The number of nitrogens with zero attached hydrogens (tertiary/aromatic N) is 4. The van der Waals surface area contributed by atoms with E-state index in [0.717, 1.165) is 39.0 Å². The Hall–Kier alpha value is -3.78. The summed E-state index contributed by atoms with van der Waals surface area (Å²) < 4.78 is 0. The van der Waals surface area contributed by atoms with Crippen molar-refractivity contribution in [1.82, 2.24) is 15.0 Å². The highest BCUT2D eigenvalue weighted by molar-refractivity contribution is 5.94. The Morgan fingerprint density at radius 1 is 1.00 bits per heavy atom. The molecule has 4 rings (SSSR count). The van der Waals surface area contributed by atoms with Gasteiger partial charge in [-0.2, -0.15) is 5.26 Å². The maximum atomic E-state index is 9.20. The number of anilines is 1. The van der Waals surface area contributed by atoms with Gasteiger partial charge in [0.2, 0.25) is 0 Å². The zero-order chi connectivity index (χ0) is 18.8. The molecule has 2 aromatic heterocycles. The van der Waals surface area contributed by atoms with Gasteiger partial charge in [0.05, 0.1) is 17.1 Å². The molecule has 0 fully saturated rings. The van der Waals surface area contributed by atoms with Crippen molar-refractivity contribution in [3.63, 3.8) is 0 Å². The first-order valence-electron chi connectivity index (χ1n) is 8.60. The van der Waals surface area contributed by atoms with Crippen LogP contribution in [0.3, 0.4) is 0 Å². The standard InChI is InChI=1S/C22H17N5/c1-14-9-19-20(11-18(14)16-6-3-5-15(10-16)12-23)26-21(27-22(19)24-2)17-7-4-8-25-13-17/h3-11,13H,1-2H3,(H,24,26,27). The average molecular weight is 351 g/mol. The third-order valence-corrected chi connectivity index (χ3v) is 4.50. The Kier molecular flexibility index (Phi) is 4.23. The van der Waals surface area contributed by atoms with E-state index in [1.165, 1.54) is 0 Å². The summed E-state index contributed by atoms with van der Waals surface area (Å²) in [6.45, 7) is 2.06. The van der Waals surface area contributed by atoms with Gasteiger partial charge in [0.25, 0.3) is 0 Å². The third kappa shape index (κ3) is 3.09. The van der Waals surface area contributed by atoms with Crippen LogP contribution in [0.1, 0.15) is 11.1 Å². The molecule has 5 heteroatoms. The smallest absolute Gasteiger partial charge is 0.163 e. The molecule has 4 aromatic rings. The van der Waals surface area contributed by atoms with Gasteiger partial charge in [0.15, 0.2) is 5.82 Å². The van der Waals surface area contributed by atoms with E-state index in [0.29, 0.717) is 11.4 Å². The first-order chi connectivity index (χ1) is 13.2. The largest absolute Gasteiger partial charge is 0.373 e. The number of fused-ring (bicyclic) bond motifs is 1. The van der Waals surface area contributed by atoms with Crippen LogP contribution < -0.4 is 5.32 Å². The maximum Gasteiger partial charge on any atom is 0.163 e. The highest BCUT2D eigenvalue weighted by Crippen LogP contribution is 2.32. The van der Waals surface area contributed by atoms with E-state index in [1.54, 1.807) is 12.4 Å². The normalized spacial score (nSPS) is 10.6. The lowest BCUT2D eigenvalue weighted by Gasteiger charge is -2.12. The van der Waals surface area contributed by atoms with Crippen LogP contribution in [0.15, 0.2) is 60.9 Å². The number of hydrogen-bond donors (Lipinski definition) is 1. The summed E-state index contributed by atoms with van der Waals surface area (Å²) in [5.74, 6) is 1.40. The molecule has 0 unspecified atom stereocenters. The van der Waals surface area contributed by atoms with Crippen LogP contribution in [0.25, 0.3) is 33.4 Å². The fourth-order valence-corrected chi connectivity index (χ4v) is 3.17. The monoisotopic (exact) mass is 351 g/mol. The van der Waals surface area contributed by atoms with E-state index in [-0.39, 0.29) is 0 Å². The van der Waals surface area contributed by atoms with Crippen molar-refractivity contribution >= 4 is 16.7 Å². The molecule has 2 heterocycles. The second-order valence-corrected chi connectivity index (χ2v) is 6.26. The van der Waals surface area contributed by atoms with Gasteiger partial charge in [-0.05, 0) is 60.0 Å². The maximum absolute atomic E-state index is 9.20. The predicted octanol–water partition coefficient (Wildman–Crippen LogP) is 4.58. The lowest BCUT2D eigenvalue weighted by molar-refractivity contribution is 1.19. The molecular formula is C22H17N5. The van der Waals surface area contributed by atoms with Gasteiger partial charge in [-0.3, -0.25) is 4.98 Å². The van der Waals surface area contributed by atoms with Crippen LogP contribution in [-0.2, 0) is 0 Å². The first-order valence-corrected chi connectivity index (χ1v) is 8.60. The van der Waals surface area contributed by atoms with E-state index in [4.69, 9.17) is 4.98 Å². The van der Waals surface area contributed by atoms with E-state index in [1.807, 2.05) is 43.4 Å². The molecule has 0 aliphatic rings. The fourth-order valence-electron chi connectivity index (χ4n) is 3.17. The lowest BCUT2D eigenvalue weighted by atomic mass is 9.97. The van der Waals surface area contributed by atoms with Crippen molar-refractivity contribution in [3.05, 3.63) is 72.1 Å². The molecule has 0 aliphatic carbocycles. The number of aromatic nitrogens is 3. The lowest BCUT2D eigenvalue weighted by Crippen LogP contribution is -2.00. The quantitative estimate of drug-likeness (QED) is 0.585. The van der Waals surface area contributed by atoms with Crippen molar-refractivity contribution in [1.29, 1.82) is 5.26 Å². The first kappa shape index (κ1) is 16.7. The Balaban J connectivity index is 1.95. The average Bonchev–Trinajstić information content (AvgIpc) is 2.73. The van der Waals surface area contributed by atoms with Crippen molar-refractivity contribution in [2.24, 2.45) is 0 Å². The molecule has 0 atom stereocenters. The molecule has 0 aliphatic heterocycles. The van der Waals surface area contributed by atoms with Gasteiger partial charge >= 0.3 is 0 Å². The number of nitrogens with one attached hydrogen (secondary N) is 1. The van der Waals surface area contributed by atoms with Crippen LogP contribution in [0, 0.1) is 18.3 Å². The number of rotatable bonds is 3. The summed E-state index contributed by atoms with van der Waals surface area (Å²) in [5, 5.41) is 13.3. The highest BCUT2D eigenvalue weighted by Gasteiger charge is 2.12. The summed E-state index contributed by atoms with van der Waals surface area (Å²) in [4.78, 5) is 13.6. The fraction of sp³-hybridized carbons (Fsp3) is 0.0909. The second kappa shape index (κ2) is 6.85. The highest BCUT2D eigenvalue weighted by atomic mass is 15.0. The molecule has 0 bridgehead atoms. The van der Waals surface area contributed by atoms with Gasteiger partial charge in [-0.15, -0.1) is 0 Å². The van der Waals surface area contributed by atoms with Gasteiger partial charge < -0.3 is 5.32 Å². The topological polar surface area (TPSA) is 74.5 Å². The molecule has 130 valence electrons. The van der Waals surface area contributed by atoms with E-state index >= 15 is 0 Å². The predicted molar refractivity (Wildman–Crippen MR) is 107 cm³/mol. The number of benzene rings is 2. The van der Waals surface area contributed by atoms with Crippen molar-refractivity contribution in [3.8, 4) is 28.6 Å². The van der Waals surface area contributed by atoms with E-state index in [9.17, 15) is 5.26 Å². The van der Waals surface area contributed by atoms with Gasteiger partial charge in [-0.1, -0.05) is 12.1 Å². The summed E-state index contributed by atoms with van der Waals surface area (Å²) in [6, 6.07) is 17.8. The minimum Gasteiger partial charge on any atom is -0.373 e. The molecule has 5 nitrogen and oxygen atoms in total. The van der Waals surface area contributed by atoms with Crippen LogP contribution in [-0.4, -0.2) is 22.0 Å². The molecule has 0 saturated heterocycles. The molecule has 0 saturated carbocycles. The van der Waals surface area contributed by atoms with Crippen LogP contribution in [0.2, 0.25) is 0 Å². The second-order valence-electron chi connectivity index (χ2n) is 6.26. The molecule has 0 spiro atoms. The summed E-state index contributed by atoms with van der Waals surface area (Å²) in [5.41, 5.74) is 5.51. The minimum atomic E-state index is 0.625. The molecule has 27 heavy (non-hydrogen) atoms. The Morgan fingerprint density at radius 2 is 1.85 bits per heavy atom. The molecular weight excluding hydrogens is 334 g/mol. The van der Waals surface area contributed by atoms with Crippen molar-refractivity contribution < 1.29 is 0 Å². The summed E-state index contributed by atoms with van der Waals surface area (Å²) >= 11 is 0. The van der Waals surface area contributed by atoms with Gasteiger partial charge in [0, 0.05) is 30.4 Å². The number of nitriles is 1. The molecule has 2 aromatic carbocycles. The van der Waals surface area contributed by atoms with E-state index < -0.39 is 0 Å². The zero-order valence-corrected chi connectivity index (χ0v) is 15.1. The van der Waals surface area contributed by atoms with Crippen LogP contribution in [0.5, 0.6) is 0 Å². The van der Waals surface area contributed by atoms with Crippen LogP contribution in [0.4, 0.5) is 5.82 Å². The van der Waals surface area contributed by atoms with Crippen molar-refractivity contribution in [2.45, 2.75) is 6.92 Å². The summed E-state index contributed by atoms with van der Waals surface area (Å²) in [7, 11) is 1.86. The molecule has 1 N–H and O–H groups in total. The Morgan fingerprint density at radius 3 is 2.59 bits per heavy atom. The molecule has 0 radical (unpaired) electrons.